The molecule has 0 aliphatic carbocycles. The summed E-state index contributed by atoms with van der Waals surface area (Å²) in [6.45, 7) is -1.54. The normalized spacial score (nSPS) is 10.8. The number of hydrogen-bond acceptors (Lipinski definition) is 4. The first-order valence-corrected chi connectivity index (χ1v) is 7.12. The summed E-state index contributed by atoms with van der Waals surface area (Å²) in [5.41, 5.74) is -0.0469. The van der Waals surface area contributed by atoms with Crippen molar-refractivity contribution in [3.63, 3.8) is 0 Å². The zero-order chi connectivity index (χ0) is 19.3. The van der Waals surface area contributed by atoms with Gasteiger partial charge >= 0.3 is 6.18 Å². The first-order chi connectivity index (χ1) is 12.2. The van der Waals surface area contributed by atoms with Crippen LogP contribution in [0.3, 0.4) is 0 Å². The van der Waals surface area contributed by atoms with Crippen molar-refractivity contribution in [1.82, 2.24) is 0 Å². The Hall–Kier alpha value is -3.28. The van der Waals surface area contributed by atoms with Crippen LogP contribution in [0.2, 0.25) is 0 Å². The van der Waals surface area contributed by atoms with Gasteiger partial charge in [0.2, 0.25) is 0 Å². The lowest BCUT2D eigenvalue weighted by Crippen LogP contribution is -2.19. The van der Waals surface area contributed by atoms with E-state index in [2.05, 4.69) is 10.1 Å². The highest BCUT2D eigenvalue weighted by Gasteiger charge is 2.28. The number of alkyl halides is 3. The van der Waals surface area contributed by atoms with Gasteiger partial charge in [-0.15, -0.1) is 0 Å². The fourth-order valence-corrected chi connectivity index (χ4v) is 1.99. The minimum atomic E-state index is -4.54. The van der Waals surface area contributed by atoms with Crippen molar-refractivity contribution in [2.75, 3.05) is 19.0 Å². The van der Waals surface area contributed by atoms with Gasteiger partial charge in [-0.25, -0.2) is 4.39 Å². The van der Waals surface area contributed by atoms with Crippen LogP contribution in [-0.2, 0) is 0 Å². The second-order valence-electron chi connectivity index (χ2n) is 5.03. The third kappa shape index (κ3) is 4.86. The predicted octanol–water partition coefficient (Wildman–Crippen LogP) is 3.90. The molecule has 0 aromatic heterocycles. The van der Waals surface area contributed by atoms with Gasteiger partial charge in [0.25, 0.3) is 5.91 Å². The zero-order valence-electron chi connectivity index (χ0n) is 13.4. The average molecular weight is 368 g/mol. The fourth-order valence-electron chi connectivity index (χ4n) is 1.99. The Morgan fingerprint density at radius 2 is 1.88 bits per heavy atom. The quantitative estimate of drug-likeness (QED) is 0.813. The Labute approximate surface area is 145 Å². The van der Waals surface area contributed by atoms with Gasteiger partial charge < -0.3 is 14.8 Å². The molecule has 9 heteroatoms. The fraction of sp³-hybridized carbons (Fsp3) is 0.176. The van der Waals surface area contributed by atoms with E-state index in [1.165, 1.54) is 25.3 Å². The number of rotatable bonds is 5. The van der Waals surface area contributed by atoms with Gasteiger partial charge in [-0.2, -0.15) is 18.4 Å². The summed E-state index contributed by atoms with van der Waals surface area (Å²) < 4.78 is 59.5. The second-order valence-corrected chi connectivity index (χ2v) is 5.03. The standard InChI is InChI=1S/C17H12F4N2O3/c1-25-15-4-2-10(7-13(15)18)16(24)23-12-3-5-14(11(6-12)8-22)26-9-17(19,20)21/h2-7H,9H2,1H3,(H,23,24). The van der Waals surface area contributed by atoms with Gasteiger partial charge in [0.05, 0.1) is 12.7 Å². The minimum Gasteiger partial charge on any atom is -0.494 e. The molecule has 1 amide bonds. The van der Waals surface area contributed by atoms with E-state index in [9.17, 15) is 22.4 Å². The number of nitriles is 1. The molecule has 0 radical (unpaired) electrons. The lowest BCUT2D eigenvalue weighted by molar-refractivity contribution is -0.153. The minimum absolute atomic E-state index is 0.000736. The van der Waals surface area contributed by atoms with Crippen LogP contribution in [0.5, 0.6) is 11.5 Å². The molecule has 2 rings (SSSR count). The molecular weight excluding hydrogens is 356 g/mol. The number of amides is 1. The highest BCUT2D eigenvalue weighted by molar-refractivity contribution is 6.04. The Morgan fingerprint density at radius 1 is 1.19 bits per heavy atom. The van der Waals surface area contributed by atoms with Crippen molar-refractivity contribution in [3.05, 3.63) is 53.3 Å². The van der Waals surface area contributed by atoms with Gasteiger partial charge in [0, 0.05) is 11.3 Å². The van der Waals surface area contributed by atoms with E-state index in [0.717, 1.165) is 18.2 Å². The van der Waals surface area contributed by atoms with Crippen LogP contribution in [0.25, 0.3) is 0 Å². The Morgan fingerprint density at radius 3 is 2.46 bits per heavy atom. The maximum atomic E-state index is 13.6. The van der Waals surface area contributed by atoms with E-state index in [0.29, 0.717) is 0 Å². The van der Waals surface area contributed by atoms with Gasteiger partial charge in [-0.1, -0.05) is 0 Å². The van der Waals surface area contributed by atoms with E-state index >= 15 is 0 Å². The summed E-state index contributed by atoms with van der Waals surface area (Å²) in [5, 5.41) is 11.5. The predicted molar refractivity (Wildman–Crippen MR) is 83.6 cm³/mol. The second kappa shape index (κ2) is 7.74. The van der Waals surface area contributed by atoms with E-state index in [4.69, 9.17) is 10.00 Å². The van der Waals surface area contributed by atoms with Crippen molar-refractivity contribution in [2.24, 2.45) is 0 Å². The van der Waals surface area contributed by atoms with E-state index in [1.807, 2.05) is 0 Å². The molecule has 26 heavy (non-hydrogen) atoms. The van der Waals surface area contributed by atoms with Crippen molar-refractivity contribution in [1.29, 1.82) is 5.26 Å². The lowest BCUT2D eigenvalue weighted by atomic mass is 10.1. The van der Waals surface area contributed by atoms with Crippen molar-refractivity contribution in [2.45, 2.75) is 6.18 Å². The lowest BCUT2D eigenvalue weighted by Gasteiger charge is -2.12. The van der Waals surface area contributed by atoms with Gasteiger partial charge in [-0.3, -0.25) is 4.79 Å². The molecule has 0 aliphatic heterocycles. The molecule has 2 aromatic rings. The van der Waals surface area contributed by atoms with Gasteiger partial charge in [0.1, 0.15) is 11.8 Å². The SMILES string of the molecule is COc1ccc(C(=O)Nc2ccc(OCC(F)(F)F)c(C#N)c2)cc1F. The van der Waals surface area contributed by atoms with Crippen molar-refractivity contribution < 1.29 is 31.8 Å². The number of nitrogens with zero attached hydrogens (tertiary/aromatic N) is 1. The van der Waals surface area contributed by atoms with E-state index in [1.54, 1.807) is 6.07 Å². The first kappa shape index (κ1) is 19.1. The summed E-state index contributed by atoms with van der Waals surface area (Å²) >= 11 is 0. The summed E-state index contributed by atoms with van der Waals surface area (Å²) in [6.07, 6.45) is -4.54. The number of benzene rings is 2. The molecule has 0 saturated carbocycles. The molecule has 0 atom stereocenters. The number of ether oxygens (including phenoxy) is 2. The van der Waals surface area contributed by atoms with Crippen LogP contribution in [0.4, 0.5) is 23.2 Å². The summed E-state index contributed by atoms with van der Waals surface area (Å²) in [6, 6.07) is 8.83. The Balaban J connectivity index is 2.15. The third-order valence-corrected chi connectivity index (χ3v) is 3.16. The maximum absolute atomic E-state index is 13.6. The van der Waals surface area contributed by atoms with Gasteiger partial charge in [-0.05, 0) is 36.4 Å². The molecule has 0 bridgehead atoms. The largest absolute Gasteiger partial charge is 0.494 e. The molecule has 0 fully saturated rings. The van der Waals surface area contributed by atoms with Crippen LogP contribution < -0.4 is 14.8 Å². The molecule has 5 nitrogen and oxygen atoms in total. The molecular formula is C17H12F4N2O3. The highest BCUT2D eigenvalue weighted by Crippen LogP contribution is 2.25. The molecule has 0 heterocycles. The molecule has 1 N–H and O–H groups in total. The number of halogens is 4. The first-order valence-electron chi connectivity index (χ1n) is 7.12. The van der Waals surface area contributed by atoms with E-state index in [-0.39, 0.29) is 28.3 Å². The number of anilines is 1. The number of nitrogens with one attached hydrogen (secondary N) is 1. The smallest absolute Gasteiger partial charge is 0.422 e. The topological polar surface area (TPSA) is 71.3 Å². The van der Waals surface area contributed by atoms with Crippen LogP contribution in [-0.4, -0.2) is 25.8 Å². The Bertz CT molecular complexity index is 860. The van der Waals surface area contributed by atoms with Crippen LogP contribution in [0, 0.1) is 17.1 Å². The summed E-state index contributed by atoms with van der Waals surface area (Å²) in [4.78, 5) is 12.1. The van der Waals surface area contributed by atoms with Crippen molar-refractivity contribution in [3.8, 4) is 17.6 Å². The van der Waals surface area contributed by atoms with E-state index < -0.39 is 24.5 Å². The molecule has 0 unspecified atom stereocenters. The highest BCUT2D eigenvalue weighted by atomic mass is 19.4. The maximum Gasteiger partial charge on any atom is 0.422 e. The number of carbonyl (C=O) groups excluding carboxylic acids is 1. The van der Waals surface area contributed by atoms with Crippen molar-refractivity contribution >= 4 is 11.6 Å². The number of hydrogen-bond donors (Lipinski definition) is 1. The zero-order valence-corrected chi connectivity index (χ0v) is 13.4. The number of carbonyl (C=O) groups is 1. The summed E-state index contributed by atoms with van der Waals surface area (Å²) in [7, 11) is 1.28. The molecule has 0 saturated heterocycles. The monoisotopic (exact) mass is 368 g/mol. The van der Waals surface area contributed by atoms with Gasteiger partial charge in [0.15, 0.2) is 18.2 Å². The average Bonchev–Trinajstić information content (AvgIpc) is 2.59. The van der Waals surface area contributed by atoms with Crippen LogP contribution in [0.1, 0.15) is 15.9 Å². The molecule has 0 aliphatic rings. The number of methoxy groups -OCH3 is 1. The molecule has 2 aromatic carbocycles. The molecule has 0 spiro atoms. The Kier molecular flexibility index (Phi) is 5.67. The summed E-state index contributed by atoms with van der Waals surface area (Å²) in [5.74, 6) is -1.69. The van der Waals surface area contributed by atoms with Crippen LogP contribution >= 0.6 is 0 Å². The van der Waals surface area contributed by atoms with Crippen LogP contribution in [0.15, 0.2) is 36.4 Å². The molecule has 136 valence electrons. The third-order valence-electron chi connectivity index (χ3n) is 3.16.